The summed E-state index contributed by atoms with van der Waals surface area (Å²) in [5.74, 6) is -1.62. The summed E-state index contributed by atoms with van der Waals surface area (Å²) in [6, 6.07) is 4.07. The van der Waals surface area contributed by atoms with E-state index in [9.17, 15) is 54.2 Å². The predicted octanol–water partition coefficient (Wildman–Crippen LogP) is 5.65. The van der Waals surface area contributed by atoms with Crippen LogP contribution in [0.1, 0.15) is 51.2 Å². The molecule has 0 saturated carbocycles. The fourth-order valence-electron chi connectivity index (χ4n) is 4.85. The zero-order chi connectivity index (χ0) is 31.2. The average Bonchev–Trinajstić information content (AvgIpc) is 2.84. The third-order valence-corrected chi connectivity index (χ3v) is 9.27. The van der Waals surface area contributed by atoms with Gasteiger partial charge in [-0.3, -0.25) is 9.10 Å². The highest BCUT2D eigenvalue weighted by Crippen LogP contribution is 2.51. The molecule has 41 heavy (non-hydrogen) atoms. The molecule has 1 aliphatic heterocycles. The van der Waals surface area contributed by atoms with Gasteiger partial charge in [0.25, 0.3) is 15.6 Å². The van der Waals surface area contributed by atoms with Crippen molar-refractivity contribution in [3.05, 3.63) is 59.4 Å². The maximum Gasteiger partial charge on any atom is 0.430 e. The monoisotopic (exact) mass is 613 g/mol. The van der Waals surface area contributed by atoms with Crippen LogP contribution in [0.3, 0.4) is 0 Å². The lowest BCUT2D eigenvalue weighted by molar-refractivity contribution is -0.376. The summed E-state index contributed by atoms with van der Waals surface area (Å²) >= 11 is 0. The van der Waals surface area contributed by atoms with Crippen molar-refractivity contribution >= 4 is 21.5 Å². The second-order valence-electron chi connectivity index (χ2n) is 11.2. The number of carbonyl (C=O) groups is 1. The lowest BCUT2D eigenvalue weighted by atomic mass is 9.77. The average molecular weight is 614 g/mol. The molecule has 0 unspecified atom stereocenters. The molecule has 14 heteroatoms. The van der Waals surface area contributed by atoms with E-state index in [1.54, 1.807) is 0 Å². The fraction of sp³-hybridized carbons (Fsp3) is 0.519. The number of carbonyl (C=O) groups excluding carboxylic acids is 1. The molecular formula is C27H30F7NO5S. The molecule has 0 saturated heterocycles. The molecule has 0 bridgehead atoms. The van der Waals surface area contributed by atoms with Gasteiger partial charge in [0, 0.05) is 25.0 Å². The Labute approximate surface area is 232 Å². The zero-order valence-corrected chi connectivity index (χ0v) is 23.2. The van der Waals surface area contributed by atoms with E-state index >= 15 is 0 Å². The molecule has 2 aromatic carbocycles. The van der Waals surface area contributed by atoms with Crippen molar-refractivity contribution in [1.82, 2.24) is 0 Å². The smallest absolute Gasteiger partial charge is 0.396 e. The predicted molar refractivity (Wildman–Crippen MR) is 135 cm³/mol. The van der Waals surface area contributed by atoms with Crippen LogP contribution in [-0.4, -0.2) is 49.4 Å². The van der Waals surface area contributed by atoms with E-state index in [0.717, 1.165) is 34.6 Å². The Morgan fingerprint density at radius 3 is 2.05 bits per heavy atom. The summed E-state index contributed by atoms with van der Waals surface area (Å²) in [4.78, 5) is 12.6. The number of nitrogens with zero attached hydrogens (tertiary/aromatic N) is 1. The van der Waals surface area contributed by atoms with Crippen LogP contribution >= 0.6 is 0 Å². The Balaban J connectivity index is 2.13. The van der Waals surface area contributed by atoms with Gasteiger partial charge in [-0.1, -0.05) is 32.9 Å². The van der Waals surface area contributed by atoms with Gasteiger partial charge in [-0.25, -0.2) is 12.8 Å². The Kier molecular flexibility index (Phi) is 8.94. The van der Waals surface area contributed by atoms with Crippen LogP contribution in [-0.2, 0) is 26.8 Å². The molecule has 2 aromatic rings. The third-order valence-electron chi connectivity index (χ3n) is 7.39. The van der Waals surface area contributed by atoms with Crippen LogP contribution in [0.25, 0.3) is 0 Å². The number of rotatable bonds is 8. The van der Waals surface area contributed by atoms with Gasteiger partial charge in [-0.05, 0) is 60.1 Å². The number of benzene rings is 2. The van der Waals surface area contributed by atoms with E-state index in [2.05, 4.69) is 0 Å². The summed E-state index contributed by atoms with van der Waals surface area (Å²) in [6.45, 7) is 5.11. The number of halogens is 7. The van der Waals surface area contributed by atoms with Crippen LogP contribution in [0, 0.1) is 17.2 Å². The topological polar surface area (TPSA) is 94.9 Å². The van der Waals surface area contributed by atoms with Gasteiger partial charge in [0.2, 0.25) is 0 Å². The Morgan fingerprint density at radius 2 is 1.56 bits per heavy atom. The minimum atomic E-state index is -6.14. The van der Waals surface area contributed by atoms with Gasteiger partial charge in [0.15, 0.2) is 0 Å². The zero-order valence-electron chi connectivity index (χ0n) is 22.4. The van der Waals surface area contributed by atoms with E-state index in [1.807, 2.05) is 20.8 Å². The molecule has 0 radical (unpaired) electrons. The van der Waals surface area contributed by atoms with Gasteiger partial charge >= 0.3 is 12.4 Å². The number of anilines is 1. The van der Waals surface area contributed by atoms with Crippen molar-refractivity contribution in [2.45, 2.75) is 75.3 Å². The van der Waals surface area contributed by atoms with E-state index in [0.29, 0.717) is 12.1 Å². The molecule has 0 aromatic heterocycles. The Bertz CT molecular complexity index is 1350. The van der Waals surface area contributed by atoms with Crippen LogP contribution in [0.2, 0.25) is 0 Å². The number of alkyl halides is 6. The molecule has 0 fully saturated rings. The van der Waals surface area contributed by atoms with Crippen molar-refractivity contribution in [3.63, 3.8) is 0 Å². The van der Waals surface area contributed by atoms with Crippen LogP contribution in [0.15, 0.2) is 47.4 Å². The largest absolute Gasteiger partial charge is 0.430 e. The molecular weight excluding hydrogens is 583 g/mol. The highest BCUT2D eigenvalue weighted by Gasteiger charge is 2.71. The molecule has 0 amide bonds. The lowest BCUT2D eigenvalue weighted by Gasteiger charge is -2.39. The first-order valence-corrected chi connectivity index (χ1v) is 14.0. The number of aliphatic hydroxyl groups excluding tert-OH is 1. The molecule has 2 atom stereocenters. The number of hydrogen-bond donors (Lipinski definition) is 2. The first-order valence-electron chi connectivity index (χ1n) is 12.6. The summed E-state index contributed by atoms with van der Waals surface area (Å²) in [5, 5.41) is 19.6. The molecule has 228 valence electrons. The Hall–Kier alpha value is -2.71. The van der Waals surface area contributed by atoms with Gasteiger partial charge < -0.3 is 10.2 Å². The summed E-state index contributed by atoms with van der Waals surface area (Å²) in [5.41, 5.74) is -7.72. The maximum atomic E-state index is 13.7. The fourth-order valence-corrected chi connectivity index (χ4v) is 6.56. The van der Waals surface area contributed by atoms with E-state index in [1.165, 1.54) is 0 Å². The second-order valence-corrected chi connectivity index (χ2v) is 13.0. The number of fused-ring (bicyclic) bond motifs is 1. The van der Waals surface area contributed by atoms with Crippen molar-refractivity contribution in [3.8, 4) is 0 Å². The standard InChI is InChI=1S/C27H30F7NO5S/c1-24(2,3)18(15-36)13-21(37)14-20-8-4-16-12-17(25(38,26(29,30)31)27(32,33)34)5-11-23(16)35(20)41(39,40)22-9-6-19(28)7-10-22/h5-7,9-12,18,20,36,38H,4,8,13-15H2,1-3H3/t18-,20+/m1/s1. The van der Waals surface area contributed by atoms with Crippen molar-refractivity contribution in [2.75, 3.05) is 10.9 Å². The number of hydrogen-bond acceptors (Lipinski definition) is 5. The SMILES string of the molecule is CC(C)(C)[C@@H](CO)CC(=O)C[C@@H]1CCc2cc(C(O)(C(F)(F)F)C(F)(F)F)ccc2N1S(=O)(=O)c1ccc(F)cc1. The van der Waals surface area contributed by atoms with Gasteiger partial charge in [-0.15, -0.1) is 0 Å². The summed E-state index contributed by atoms with van der Waals surface area (Å²) < 4.78 is 123. The maximum absolute atomic E-state index is 13.7. The van der Waals surface area contributed by atoms with Gasteiger partial charge in [0.05, 0.1) is 16.6 Å². The number of aliphatic hydroxyl groups is 2. The third kappa shape index (κ3) is 6.38. The van der Waals surface area contributed by atoms with E-state index < -0.39 is 67.4 Å². The summed E-state index contributed by atoms with van der Waals surface area (Å²) in [7, 11) is -4.60. The minimum absolute atomic E-state index is 0.100. The number of Topliss-reactive ketones (excluding diaryl/α,β-unsaturated/α-hetero) is 1. The summed E-state index contributed by atoms with van der Waals surface area (Å²) in [6.07, 6.45) is -13.1. The van der Waals surface area contributed by atoms with Crippen LogP contribution < -0.4 is 4.31 Å². The number of aryl methyl sites for hydroxylation is 1. The van der Waals surface area contributed by atoms with Crippen molar-refractivity contribution in [2.24, 2.45) is 11.3 Å². The lowest BCUT2D eigenvalue weighted by Crippen LogP contribution is -2.54. The quantitative estimate of drug-likeness (QED) is 0.376. The molecule has 2 N–H and O–H groups in total. The molecule has 1 aliphatic rings. The highest BCUT2D eigenvalue weighted by molar-refractivity contribution is 7.92. The second kappa shape index (κ2) is 11.2. The van der Waals surface area contributed by atoms with Crippen LogP contribution in [0.4, 0.5) is 36.4 Å². The number of ketones is 1. The van der Waals surface area contributed by atoms with Gasteiger partial charge in [0.1, 0.15) is 11.6 Å². The van der Waals surface area contributed by atoms with Crippen molar-refractivity contribution < 1.29 is 54.2 Å². The number of sulfonamides is 1. The molecule has 3 rings (SSSR count). The first-order chi connectivity index (χ1) is 18.6. The normalized spacial score (nSPS) is 17.8. The highest BCUT2D eigenvalue weighted by atomic mass is 32.2. The molecule has 0 spiro atoms. The molecule has 1 heterocycles. The van der Waals surface area contributed by atoms with Crippen molar-refractivity contribution in [1.29, 1.82) is 0 Å². The van der Waals surface area contributed by atoms with Crippen LogP contribution in [0.5, 0.6) is 0 Å². The van der Waals surface area contributed by atoms with E-state index in [4.69, 9.17) is 0 Å². The van der Waals surface area contributed by atoms with Gasteiger partial charge in [-0.2, -0.15) is 26.3 Å². The first kappa shape index (κ1) is 32.8. The molecule has 0 aliphatic carbocycles. The van der Waals surface area contributed by atoms with E-state index in [-0.39, 0.29) is 43.5 Å². The molecule has 6 nitrogen and oxygen atoms in total. The Morgan fingerprint density at radius 1 is 1.00 bits per heavy atom. The minimum Gasteiger partial charge on any atom is -0.396 e.